The number of benzene rings is 1. The van der Waals surface area contributed by atoms with E-state index in [0.717, 1.165) is 12.7 Å². The molecule has 1 unspecified atom stereocenters. The van der Waals surface area contributed by atoms with Crippen LogP contribution in [0.1, 0.15) is 55.4 Å². The van der Waals surface area contributed by atoms with Crippen molar-refractivity contribution in [3.05, 3.63) is 40.5 Å². The van der Waals surface area contributed by atoms with Gasteiger partial charge in [-0.25, -0.2) is 0 Å². The molecule has 0 N–H and O–H groups in total. The minimum atomic E-state index is 0.0358. The van der Waals surface area contributed by atoms with Crippen LogP contribution in [0.5, 0.6) is 0 Å². The van der Waals surface area contributed by atoms with Crippen molar-refractivity contribution in [2.75, 3.05) is 0 Å². The van der Waals surface area contributed by atoms with Crippen LogP contribution in [-0.2, 0) is 4.79 Å². The molecule has 0 aliphatic carbocycles. The maximum absolute atomic E-state index is 11.1. The van der Waals surface area contributed by atoms with E-state index >= 15 is 0 Å². The van der Waals surface area contributed by atoms with Crippen molar-refractivity contribution in [3.8, 4) is 0 Å². The Morgan fingerprint density at radius 3 is 2.41 bits per heavy atom. The van der Waals surface area contributed by atoms with Crippen LogP contribution < -0.4 is 0 Å². The lowest BCUT2D eigenvalue weighted by Crippen LogP contribution is -2.03. The van der Waals surface area contributed by atoms with Gasteiger partial charge in [0.25, 0.3) is 0 Å². The molecular weight excluding hydrogens is 208 g/mol. The van der Waals surface area contributed by atoms with Crippen molar-refractivity contribution in [1.29, 1.82) is 0 Å². The van der Waals surface area contributed by atoms with E-state index in [1.807, 2.05) is 0 Å². The third kappa shape index (κ3) is 2.85. The second-order valence-corrected chi connectivity index (χ2v) is 4.65. The minimum Gasteiger partial charge on any atom is -0.303 e. The van der Waals surface area contributed by atoms with Gasteiger partial charge in [0.15, 0.2) is 0 Å². The topological polar surface area (TPSA) is 17.1 Å². The first-order valence-electron chi connectivity index (χ1n) is 6.24. The average Bonchev–Trinajstić information content (AvgIpc) is 2.33. The first kappa shape index (κ1) is 13.7. The lowest BCUT2D eigenvalue weighted by molar-refractivity contribution is -0.109. The van der Waals surface area contributed by atoms with Crippen LogP contribution in [0.2, 0.25) is 0 Å². The van der Waals surface area contributed by atoms with Gasteiger partial charge in [0.1, 0.15) is 6.29 Å². The van der Waals surface area contributed by atoms with E-state index in [0.29, 0.717) is 0 Å². The molecular formula is C16H22O. The quantitative estimate of drug-likeness (QED) is 0.700. The molecule has 1 atom stereocenters. The number of aryl methyl sites for hydroxylation is 2. The van der Waals surface area contributed by atoms with Crippen molar-refractivity contribution in [3.63, 3.8) is 0 Å². The first-order valence-corrected chi connectivity index (χ1v) is 6.24. The molecule has 0 fully saturated rings. The summed E-state index contributed by atoms with van der Waals surface area (Å²) in [4.78, 5) is 11.1. The number of rotatable bonds is 4. The largest absolute Gasteiger partial charge is 0.303 e. The van der Waals surface area contributed by atoms with Crippen LogP contribution in [0.15, 0.2) is 18.2 Å². The Bertz CT molecular complexity index is 441. The summed E-state index contributed by atoms with van der Waals surface area (Å²) in [6, 6.07) is 4.37. The Kier molecular flexibility index (Phi) is 4.68. The maximum atomic E-state index is 11.1. The molecule has 0 bridgehead atoms. The number of allylic oxidation sites excluding steroid dienone is 2. The van der Waals surface area contributed by atoms with Crippen molar-refractivity contribution in [2.45, 2.75) is 47.0 Å². The fourth-order valence-electron chi connectivity index (χ4n) is 2.21. The van der Waals surface area contributed by atoms with Gasteiger partial charge in [-0.2, -0.15) is 0 Å². The van der Waals surface area contributed by atoms with Crippen LogP contribution in [0.4, 0.5) is 0 Å². The number of carbonyl (C=O) groups is 1. The van der Waals surface area contributed by atoms with Gasteiger partial charge in [0.05, 0.1) is 0 Å². The van der Waals surface area contributed by atoms with Crippen molar-refractivity contribution in [1.82, 2.24) is 0 Å². The zero-order chi connectivity index (χ0) is 13.0. The number of hydrogen-bond acceptors (Lipinski definition) is 1. The Balaban J connectivity index is 3.31. The third-order valence-electron chi connectivity index (χ3n) is 3.47. The molecule has 1 aromatic rings. The summed E-state index contributed by atoms with van der Waals surface area (Å²) in [5, 5.41) is 0. The third-order valence-corrected chi connectivity index (χ3v) is 3.47. The van der Waals surface area contributed by atoms with Gasteiger partial charge in [-0.05, 0) is 61.9 Å². The summed E-state index contributed by atoms with van der Waals surface area (Å²) in [7, 11) is 0. The molecule has 1 rings (SSSR count). The lowest BCUT2D eigenvalue weighted by atomic mass is 9.88. The summed E-state index contributed by atoms with van der Waals surface area (Å²) in [5.74, 6) is 0.0358. The van der Waals surface area contributed by atoms with Gasteiger partial charge < -0.3 is 4.79 Å². The maximum Gasteiger partial charge on any atom is 0.127 e. The normalized spacial score (nSPS) is 13.6. The van der Waals surface area contributed by atoms with Crippen LogP contribution in [0.3, 0.4) is 0 Å². The zero-order valence-corrected chi connectivity index (χ0v) is 11.5. The second-order valence-electron chi connectivity index (χ2n) is 4.65. The van der Waals surface area contributed by atoms with Gasteiger partial charge in [-0.1, -0.05) is 25.1 Å². The Morgan fingerprint density at radius 1 is 1.29 bits per heavy atom. The highest BCUT2D eigenvalue weighted by molar-refractivity contribution is 5.70. The lowest BCUT2D eigenvalue weighted by Gasteiger charge is -2.16. The van der Waals surface area contributed by atoms with Gasteiger partial charge in [0.2, 0.25) is 0 Å². The monoisotopic (exact) mass is 230 g/mol. The molecule has 0 spiro atoms. The van der Waals surface area contributed by atoms with E-state index in [-0.39, 0.29) is 5.92 Å². The number of aldehydes is 1. The van der Waals surface area contributed by atoms with Crippen molar-refractivity contribution >= 4 is 11.9 Å². The van der Waals surface area contributed by atoms with E-state index < -0.39 is 0 Å². The summed E-state index contributed by atoms with van der Waals surface area (Å²) in [6.45, 7) is 10.4. The number of carbonyl (C=O) groups excluding carboxylic acids is 1. The van der Waals surface area contributed by atoms with Crippen LogP contribution in [0.25, 0.3) is 5.57 Å². The molecule has 0 heterocycles. The van der Waals surface area contributed by atoms with Gasteiger partial charge in [-0.3, -0.25) is 0 Å². The van der Waals surface area contributed by atoms with Gasteiger partial charge in [0, 0.05) is 5.92 Å². The summed E-state index contributed by atoms with van der Waals surface area (Å²) in [5.41, 5.74) is 6.21. The summed E-state index contributed by atoms with van der Waals surface area (Å²) in [6.07, 6.45) is 4.05. The molecule has 0 saturated carbocycles. The molecule has 92 valence electrons. The average molecular weight is 230 g/mol. The fraction of sp³-hybridized carbons (Fsp3) is 0.438. The van der Waals surface area contributed by atoms with Crippen molar-refractivity contribution in [2.24, 2.45) is 0 Å². The van der Waals surface area contributed by atoms with E-state index in [2.05, 4.69) is 52.8 Å². The van der Waals surface area contributed by atoms with Gasteiger partial charge >= 0.3 is 0 Å². The van der Waals surface area contributed by atoms with Crippen LogP contribution >= 0.6 is 0 Å². The molecule has 1 aromatic carbocycles. The summed E-state index contributed by atoms with van der Waals surface area (Å²) < 4.78 is 0. The molecule has 0 saturated heterocycles. The second kappa shape index (κ2) is 5.81. The Hall–Kier alpha value is -1.37. The molecule has 0 radical (unpaired) electrons. The van der Waals surface area contributed by atoms with E-state index in [9.17, 15) is 4.79 Å². The molecule has 0 aliphatic rings. The highest BCUT2D eigenvalue weighted by atomic mass is 16.1. The zero-order valence-electron chi connectivity index (χ0n) is 11.5. The SMILES string of the molecule is C/C=C(\C)c1cc(C)c(C(C=O)CC)cc1C. The predicted molar refractivity (Wildman–Crippen MR) is 74.3 cm³/mol. The standard InChI is InChI=1S/C16H22O/c1-6-11(3)15-8-13(5)16(9-12(15)4)14(7-2)10-17/h6,8-10,14H,7H2,1-5H3/b11-6+. The molecule has 17 heavy (non-hydrogen) atoms. The molecule has 0 amide bonds. The molecule has 0 aliphatic heterocycles. The molecule has 0 aromatic heterocycles. The van der Waals surface area contributed by atoms with E-state index in [1.54, 1.807) is 0 Å². The minimum absolute atomic E-state index is 0.0358. The predicted octanol–water partition coefficient (Wildman–Crippen LogP) is 4.42. The van der Waals surface area contributed by atoms with E-state index in [4.69, 9.17) is 0 Å². The molecule has 1 nitrogen and oxygen atoms in total. The Morgan fingerprint density at radius 2 is 1.94 bits per heavy atom. The van der Waals surface area contributed by atoms with Crippen LogP contribution in [-0.4, -0.2) is 6.29 Å². The summed E-state index contributed by atoms with van der Waals surface area (Å²) >= 11 is 0. The highest BCUT2D eigenvalue weighted by Crippen LogP contribution is 2.27. The Labute approximate surface area is 105 Å². The fourth-order valence-corrected chi connectivity index (χ4v) is 2.21. The first-order chi connectivity index (χ1) is 8.04. The smallest absolute Gasteiger partial charge is 0.127 e. The highest BCUT2D eigenvalue weighted by Gasteiger charge is 2.13. The molecule has 1 heteroatoms. The van der Waals surface area contributed by atoms with Crippen LogP contribution in [0, 0.1) is 13.8 Å². The van der Waals surface area contributed by atoms with Crippen molar-refractivity contribution < 1.29 is 4.79 Å². The number of hydrogen-bond donors (Lipinski definition) is 0. The van der Waals surface area contributed by atoms with E-state index in [1.165, 1.54) is 27.8 Å². The van der Waals surface area contributed by atoms with Gasteiger partial charge in [-0.15, -0.1) is 0 Å².